The van der Waals surface area contributed by atoms with Gasteiger partial charge in [-0.25, -0.2) is 0 Å². The standard InChI is InChI=1S/C31H48ClNO4S/c1-16(2)27(23-8-9-24(32)38-23)33-25(35)14-17(3)19-6-7-20-26-21(11-13-30(19,20)4)31(5)12-10-18(34)15-22(31)28(36)29(26)37/h8-9,16-22,26-29,34,36-37H,6-7,10-15H2,1-5H3,(H,33,35)/t17-,18-,19?,20+,21+,22+,26+,27?,28-,29+,30-,31-/m1/s1. The Kier molecular flexibility index (Phi) is 8.07. The van der Waals surface area contributed by atoms with E-state index < -0.39 is 12.2 Å². The van der Waals surface area contributed by atoms with Crippen molar-refractivity contribution < 1.29 is 20.1 Å². The highest BCUT2D eigenvalue weighted by atomic mass is 35.5. The molecule has 0 bridgehead atoms. The Hall–Kier alpha value is -0.660. The Morgan fingerprint density at radius 2 is 1.68 bits per heavy atom. The van der Waals surface area contributed by atoms with Gasteiger partial charge < -0.3 is 20.6 Å². The molecule has 0 spiro atoms. The van der Waals surface area contributed by atoms with Crippen LogP contribution in [-0.2, 0) is 4.79 Å². The molecule has 4 saturated carbocycles. The SMILES string of the molecule is CC(C)C(NC(=O)C[C@@H](C)C1CC[C@H]2[C@@H]3[C@H](O)[C@H](O)[C@@H]4C[C@H](O)CC[C@]4(C)[C@H]3CC[C@]12C)c1ccc(Cl)s1. The first kappa shape index (κ1) is 28.9. The first-order chi connectivity index (χ1) is 17.9. The van der Waals surface area contributed by atoms with E-state index in [0.29, 0.717) is 30.6 Å². The lowest BCUT2D eigenvalue weighted by atomic mass is 9.43. The fourth-order valence-electron chi connectivity index (χ4n) is 9.94. The van der Waals surface area contributed by atoms with Crippen LogP contribution in [0.25, 0.3) is 0 Å². The molecule has 0 aliphatic heterocycles. The molecule has 7 heteroatoms. The van der Waals surface area contributed by atoms with Crippen molar-refractivity contribution in [2.45, 2.75) is 110 Å². The molecule has 0 radical (unpaired) electrons. The molecule has 5 nitrogen and oxygen atoms in total. The first-order valence-electron chi connectivity index (χ1n) is 15.0. The minimum atomic E-state index is -0.764. The van der Waals surface area contributed by atoms with E-state index in [1.807, 2.05) is 12.1 Å². The van der Waals surface area contributed by atoms with E-state index in [2.05, 4.69) is 39.9 Å². The van der Waals surface area contributed by atoms with Crippen LogP contribution >= 0.6 is 22.9 Å². The van der Waals surface area contributed by atoms with E-state index >= 15 is 0 Å². The molecule has 1 amide bonds. The summed E-state index contributed by atoms with van der Waals surface area (Å²) in [6.07, 6.45) is 5.29. The summed E-state index contributed by atoms with van der Waals surface area (Å²) in [4.78, 5) is 14.4. The van der Waals surface area contributed by atoms with Gasteiger partial charge in [0, 0.05) is 11.3 Å². The summed E-state index contributed by atoms with van der Waals surface area (Å²) in [7, 11) is 0. The topological polar surface area (TPSA) is 89.8 Å². The second-order valence-corrected chi connectivity index (χ2v) is 15.9. The van der Waals surface area contributed by atoms with Gasteiger partial charge in [0.25, 0.3) is 0 Å². The van der Waals surface area contributed by atoms with E-state index in [-0.39, 0.29) is 52.6 Å². The normalized spacial score (nSPS) is 44.2. The number of amides is 1. The van der Waals surface area contributed by atoms with Gasteiger partial charge in [0.2, 0.25) is 5.91 Å². The van der Waals surface area contributed by atoms with Gasteiger partial charge in [-0.1, -0.05) is 46.2 Å². The molecule has 5 rings (SSSR count). The summed E-state index contributed by atoms with van der Waals surface area (Å²) < 4.78 is 0.744. The van der Waals surface area contributed by atoms with Gasteiger partial charge in [0.05, 0.1) is 28.7 Å². The van der Waals surface area contributed by atoms with Crippen LogP contribution in [0.1, 0.15) is 96.9 Å². The predicted molar refractivity (Wildman–Crippen MR) is 153 cm³/mol. The number of aliphatic hydroxyl groups excluding tert-OH is 3. The molecule has 214 valence electrons. The van der Waals surface area contributed by atoms with Crippen LogP contribution in [0.3, 0.4) is 0 Å². The molecule has 0 aromatic carbocycles. The molecular formula is C31H48ClNO4S. The van der Waals surface area contributed by atoms with E-state index in [1.54, 1.807) is 0 Å². The van der Waals surface area contributed by atoms with E-state index in [4.69, 9.17) is 11.6 Å². The summed E-state index contributed by atoms with van der Waals surface area (Å²) in [5.74, 6) is 1.87. The van der Waals surface area contributed by atoms with Crippen molar-refractivity contribution in [1.82, 2.24) is 5.32 Å². The monoisotopic (exact) mass is 565 g/mol. The summed E-state index contributed by atoms with van der Waals surface area (Å²) in [5, 5.41) is 36.4. The molecule has 1 aromatic heterocycles. The maximum atomic E-state index is 13.3. The van der Waals surface area contributed by atoms with E-state index in [9.17, 15) is 20.1 Å². The van der Waals surface area contributed by atoms with Gasteiger partial charge in [0.1, 0.15) is 0 Å². The fourth-order valence-corrected chi connectivity index (χ4v) is 11.2. The number of rotatable bonds is 6. The zero-order valence-electron chi connectivity index (χ0n) is 23.7. The number of carbonyl (C=O) groups excluding carboxylic acids is 1. The van der Waals surface area contributed by atoms with Gasteiger partial charge in [-0.3, -0.25) is 4.79 Å². The summed E-state index contributed by atoms with van der Waals surface area (Å²) >= 11 is 7.71. The van der Waals surface area contributed by atoms with Crippen molar-refractivity contribution in [3.05, 3.63) is 21.3 Å². The number of hydrogen-bond acceptors (Lipinski definition) is 5. The molecule has 2 unspecified atom stereocenters. The fraction of sp³-hybridized carbons (Fsp3) is 0.839. The largest absolute Gasteiger partial charge is 0.393 e. The number of carbonyl (C=O) groups is 1. The second-order valence-electron chi connectivity index (χ2n) is 14.2. The molecule has 1 aromatic rings. The van der Waals surface area contributed by atoms with Crippen molar-refractivity contribution in [2.24, 2.45) is 52.3 Å². The van der Waals surface area contributed by atoms with Gasteiger partial charge in [-0.2, -0.15) is 0 Å². The summed E-state index contributed by atoms with van der Waals surface area (Å²) in [5.41, 5.74) is 0.0433. The van der Waals surface area contributed by atoms with Crippen LogP contribution in [0.2, 0.25) is 4.34 Å². The molecular weight excluding hydrogens is 518 g/mol. The first-order valence-corrected chi connectivity index (χ1v) is 16.1. The quantitative estimate of drug-likeness (QED) is 0.330. The number of aliphatic hydroxyl groups is 3. The van der Waals surface area contributed by atoms with Gasteiger partial charge >= 0.3 is 0 Å². The highest BCUT2D eigenvalue weighted by Gasteiger charge is 2.65. The van der Waals surface area contributed by atoms with Crippen LogP contribution in [-0.4, -0.2) is 39.5 Å². The molecule has 4 aliphatic carbocycles. The average Bonchev–Trinajstić information content (AvgIpc) is 3.44. The predicted octanol–water partition coefficient (Wildman–Crippen LogP) is 6.20. The highest BCUT2D eigenvalue weighted by molar-refractivity contribution is 7.16. The number of hydrogen-bond donors (Lipinski definition) is 4. The van der Waals surface area contributed by atoms with Gasteiger partial charge in [-0.05, 0) is 109 Å². The zero-order chi connectivity index (χ0) is 27.6. The van der Waals surface area contributed by atoms with Gasteiger partial charge in [-0.15, -0.1) is 11.3 Å². The third-order valence-corrected chi connectivity index (χ3v) is 13.2. The lowest BCUT2D eigenvalue weighted by Gasteiger charge is -2.63. The average molecular weight is 566 g/mol. The Balaban J connectivity index is 1.30. The molecule has 38 heavy (non-hydrogen) atoms. The van der Waals surface area contributed by atoms with Crippen molar-refractivity contribution in [3.8, 4) is 0 Å². The molecule has 4 N–H and O–H groups in total. The second kappa shape index (κ2) is 10.6. The Morgan fingerprint density at radius 1 is 1.00 bits per heavy atom. The number of nitrogens with one attached hydrogen (secondary N) is 1. The van der Waals surface area contributed by atoms with E-state index in [1.165, 1.54) is 11.3 Å². The lowest BCUT2D eigenvalue weighted by molar-refractivity contribution is -0.223. The molecule has 4 aliphatic rings. The highest BCUT2D eigenvalue weighted by Crippen LogP contribution is 2.68. The minimum absolute atomic E-state index is 0.0238. The van der Waals surface area contributed by atoms with Crippen LogP contribution in [0.5, 0.6) is 0 Å². The number of fused-ring (bicyclic) bond motifs is 5. The smallest absolute Gasteiger partial charge is 0.220 e. The number of thiophene rings is 1. The third kappa shape index (κ3) is 4.78. The zero-order valence-corrected chi connectivity index (χ0v) is 25.3. The molecule has 1 heterocycles. The van der Waals surface area contributed by atoms with Crippen molar-refractivity contribution in [2.75, 3.05) is 0 Å². The molecule has 4 fully saturated rings. The number of halogens is 1. The minimum Gasteiger partial charge on any atom is -0.393 e. The van der Waals surface area contributed by atoms with Gasteiger partial charge in [0.15, 0.2) is 0 Å². The maximum absolute atomic E-state index is 13.3. The summed E-state index contributed by atoms with van der Waals surface area (Å²) in [6, 6.07) is 3.89. The Labute approximate surface area is 237 Å². The van der Waals surface area contributed by atoms with Crippen LogP contribution < -0.4 is 5.32 Å². The van der Waals surface area contributed by atoms with E-state index in [0.717, 1.165) is 47.7 Å². The van der Waals surface area contributed by atoms with Crippen molar-refractivity contribution in [1.29, 1.82) is 0 Å². The van der Waals surface area contributed by atoms with Crippen molar-refractivity contribution in [3.63, 3.8) is 0 Å². The van der Waals surface area contributed by atoms with Crippen LogP contribution in [0.15, 0.2) is 12.1 Å². The Bertz CT molecular complexity index is 1020. The molecule has 12 atom stereocenters. The third-order valence-electron chi connectivity index (χ3n) is 11.9. The van der Waals surface area contributed by atoms with Crippen molar-refractivity contribution >= 4 is 28.8 Å². The van der Waals surface area contributed by atoms with Crippen LogP contribution in [0.4, 0.5) is 0 Å². The Morgan fingerprint density at radius 3 is 2.34 bits per heavy atom. The lowest BCUT2D eigenvalue weighted by Crippen LogP contribution is -2.64. The maximum Gasteiger partial charge on any atom is 0.220 e. The summed E-state index contributed by atoms with van der Waals surface area (Å²) in [6.45, 7) is 11.2. The van der Waals surface area contributed by atoms with Crippen LogP contribution in [0, 0.1) is 52.3 Å². The molecule has 0 saturated heterocycles.